The maximum absolute atomic E-state index is 12.5. The average Bonchev–Trinajstić information content (AvgIpc) is 2.88. The second-order valence-corrected chi connectivity index (χ2v) is 8.93. The van der Waals surface area contributed by atoms with Gasteiger partial charge in [0, 0.05) is 35.7 Å². The Kier molecular flexibility index (Phi) is 8.44. The summed E-state index contributed by atoms with van der Waals surface area (Å²) < 4.78 is 78.0. The van der Waals surface area contributed by atoms with Crippen LogP contribution in [0.5, 0.6) is 5.75 Å². The van der Waals surface area contributed by atoms with Crippen molar-refractivity contribution in [1.29, 1.82) is 0 Å². The molecule has 0 saturated heterocycles. The lowest BCUT2D eigenvalue weighted by Gasteiger charge is -2.32. The summed E-state index contributed by atoms with van der Waals surface area (Å²) in [6.07, 6.45) is -11.6. The van der Waals surface area contributed by atoms with Crippen molar-refractivity contribution in [2.24, 2.45) is 5.73 Å². The lowest BCUT2D eigenvalue weighted by molar-refractivity contribution is -0.274. The zero-order valence-corrected chi connectivity index (χ0v) is 19.0. The second-order valence-electron chi connectivity index (χ2n) is 7.87. The van der Waals surface area contributed by atoms with Gasteiger partial charge in [0.05, 0.1) is 11.7 Å². The molecule has 35 heavy (non-hydrogen) atoms. The quantitative estimate of drug-likeness (QED) is 0.368. The van der Waals surface area contributed by atoms with Gasteiger partial charge in [0.1, 0.15) is 12.0 Å². The molecular formula is C22H23F6N3O3S. The number of rotatable bonds is 7. The number of nitrogens with two attached hydrogens (primary N) is 1. The number of halogens is 6. The molecule has 0 radical (unpaired) electrons. The van der Waals surface area contributed by atoms with Crippen molar-refractivity contribution in [3.63, 3.8) is 0 Å². The monoisotopic (exact) mass is 523 g/mol. The minimum atomic E-state index is -4.82. The van der Waals surface area contributed by atoms with Crippen molar-refractivity contribution >= 4 is 23.4 Å². The van der Waals surface area contributed by atoms with E-state index in [2.05, 4.69) is 10.1 Å². The van der Waals surface area contributed by atoms with Crippen LogP contribution in [0.4, 0.5) is 32.0 Å². The van der Waals surface area contributed by atoms with Crippen LogP contribution in [0, 0.1) is 0 Å². The molecule has 2 aromatic rings. The summed E-state index contributed by atoms with van der Waals surface area (Å²) in [4.78, 5) is 14.7. The zero-order chi connectivity index (χ0) is 25.8. The van der Waals surface area contributed by atoms with E-state index in [1.807, 2.05) is 0 Å². The lowest BCUT2D eigenvalue weighted by Crippen LogP contribution is -2.48. The van der Waals surface area contributed by atoms with E-state index in [9.17, 15) is 36.2 Å². The van der Waals surface area contributed by atoms with Crippen molar-refractivity contribution in [1.82, 2.24) is 5.32 Å². The lowest BCUT2D eigenvalue weighted by atomic mass is 10.1. The van der Waals surface area contributed by atoms with Gasteiger partial charge in [-0.05, 0) is 42.3 Å². The van der Waals surface area contributed by atoms with Gasteiger partial charge in [0.15, 0.2) is 0 Å². The second kappa shape index (κ2) is 11.0. The third-order valence-corrected chi connectivity index (χ3v) is 6.30. The third-order valence-electron chi connectivity index (χ3n) is 5.10. The van der Waals surface area contributed by atoms with E-state index in [1.165, 1.54) is 40.9 Å². The number of nitrogens with one attached hydrogen (secondary N) is 1. The van der Waals surface area contributed by atoms with Gasteiger partial charge in [-0.1, -0.05) is 12.1 Å². The molecule has 4 N–H and O–H groups in total. The highest BCUT2D eigenvalue weighted by molar-refractivity contribution is 7.99. The van der Waals surface area contributed by atoms with Crippen LogP contribution in [0.15, 0.2) is 47.4 Å². The van der Waals surface area contributed by atoms with Gasteiger partial charge in [0.2, 0.25) is 0 Å². The van der Waals surface area contributed by atoms with Crippen LogP contribution in [-0.2, 0) is 6.54 Å². The molecule has 1 amide bonds. The fourth-order valence-corrected chi connectivity index (χ4v) is 4.45. The van der Waals surface area contributed by atoms with E-state index in [-0.39, 0.29) is 25.1 Å². The molecule has 1 unspecified atom stereocenters. The Morgan fingerprint density at radius 1 is 1.14 bits per heavy atom. The molecule has 0 aromatic heterocycles. The molecule has 1 aliphatic rings. The molecule has 2 atom stereocenters. The number of benzene rings is 2. The van der Waals surface area contributed by atoms with Crippen molar-refractivity contribution < 1.29 is 41.0 Å². The Morgan fingerprint density at radius 3 is 2.46 bits per heavy atom. The van der Waals surface area contributed by atoms with Crippen molar-refractivity contribution in [2.45, 2.75) is 49.1 Å². The molecule has 3 rings (SSSR count). The molecule has 0 fully saturated rings. The van der Waals surface area contributed by atoms with Gasteiger partial charge in [-0.2, -0.15) is 13.2 Å². The van der Waals surface area contributed by atoms with Crippen LogP contribution < -0.4 is 20.7 Å². The fraction of sp³-hybridized carbons (Fsp3) is 0.409. The van der Waals surface area contributed by atoms with Gasteiger partial charge in [-0.15, -0.1) is 24.9 Å². The summed E-state index contributed by atoms with van der Waals surface area (Å²) in [5, 5.41) is 13.3. The highest BCUT2D eigenvalue weighted by atomic mass is 32.2. The van der Waals surface area contributed by atoms with Crippen molar-refractivity contribution in [3.05, 3.63) is 53.6 Å². The number of hydrogen-bond donors (Lipinski definition) is 3. The molecule has 1 aliphatic heterocycles. The van der Waals surface area contributed by atoms with Crippen molar-refractivity contribution in [3.8, 4) is 5.75 Å². The highest BCUT2D eigenvalue weighted by Crippen LogP contribution is 2.37. The van der Waals surface area contributed by atoms with Crippen molar-refractivity contribution in [2.75, 3.05) is 17.2 Å². The number of aliphatic hydroxyl groups is 1. The average molecular weight is 523 g/mol. The topological polar surface area (TPSA) is 87.8 Å². The van der Waals surface area contributed by atoms with Gasteiger partial charge >= 0.3 is 12.5 Å². The Balaban J connectivity index is 1.79. The third kappa shape index (κ3) is 7.94. The fourth-order valence-electron chi connectivity index (χ4n) is 3.42. The smallest absolute Gasteiger partial charge is 0.406 e. The van der Waals surface area contributed by atoms with E-state index < -0.39 is 42.9 Å². The first kappa shape index (κ1) is 27.0. The Bertz CT molecular complexity index is 1020. The number of carbonyl (C=O) groups excluding carboxylic acids is 1. The predicted molar refractivity (Wildman–Crippen MR) is 118 cm³/mol. The van der Waals surface area contributed by atoms with E-state index in [0.717, 1.165) is 12.1 Å². The summed E-state index contributed by atoms with van der Waals surface area (Å²) in [5.74, 6) is -0.599. The molecule has 0 saturated carbocycles. The molecule has 0 bridgehead atoms. The largest absolute Gasteiger partial charge is 0.573 e. The molecule has 6 nitrogen and oxygen atoms in total. The van der Waals surface area contributed by atoms with Gasteiger partial charge < -0.3 is 25.8 Å². The zero-order valence-electron chi connectivity index (χ0n) is 18.2. The number of carbonyl (C=O) groups is 1. The number of amides is 1. The molecule has 1 heterocycles. The van der Waals surface area contributed by atoms with Gasteiger partial charge in [-0.3, -0.25) is 4.79 Å². The van der Waals surface area contributed by atoms with E-state index in [4.69, 9.17) is 5.73 Å². The van der Waals surface area contributed by atoms with Gasteiger partial charge in [-0.25, -0.2) is 0 Å². The van der Waals surface area contributed by atoms with E-state index in [1.54, 1.807) is 6.07 Å². The number of nitrogens with zero attached hydrogens (tertiary/aromatic N) is 1. The maximum Gasteiger partial charge on any atom is 0.573 e. The number of fused-ring (bicyclic) bond motifs is 1. The first-order valence-corrected chi connectivity index (χ1v) is 11.5. The van der Waals surface area contributed by atoms with Crippen LogP contribution in [-0.4, -0.2) is 48.1 Å². The first-order chi connectivity index (χ1) is 16.3. The molecule has 0 spiro atoms. The number of thioether (sulfide) groups is 1. The number of anilines is 1. The summed E-state index contributed by atoms with van der Waals surface area (Å²) in [5.41, 5.74) is 7.27. The Labute approximate surface area is 201 Å². The molecule has 0 aliphatic carbocycles. The van der Waals surface area contributed by atoms with Crippen LogP contribution in [0.1, 0.15) is 28.8 Å². The first-order valence-electron chi connectivity index (χ1n) is 10.5. The summed E-state index contributed by atoms with van der Waals surface area (Å²) in [7, 11) is 0. The summed E-state index contributed by atoms with van der Waals surface area (Å²) in [6.45, 7) is -0.0981. The number of aliphatic hydroxyl groups excluding tert-OH is 1. The number of ether oxygens (including phenoxy) is 1. The highest BCUT2D eigenvalue weighted by Gasteiger charge is 2.32. The Hall–Kier alpha value is -2.64. The minimum Gasteiger partial charge on any atom is -0.406 e. The maximum atomic E-state index is 12.5. The summed E-state index contributed by atoms with van der Waals surface area (Å²) >= 11 is 1.36. The van der Waals surface area contributed by atoms with E-state index >= 15 is 0 Å². The molecule has 13 heteroatoms. The SMILES string of the molecule is N[C@H]1CSc2ccc(C(=O)NCCCC(F)(F)F)cc2N(Cc2ccc(OC(F)(F)F)cc2)C1O. The molecule has 192 valence electrons. The van der Waals surface area contributed by atoms with E-state index in [0.29, 0.717) is 21.9 Å². The van der Waals surface area contributed by atoms with Crippen LogP contribution in [0.25, 0.3) is 0 Å². The summed E-state index contributed by atoms with van der Waals surface area (Å²) in [6, 6.07) is 9.13. The van der Waals surface area contributed by atoms with Crippen LogP contribution in [0.2, 0.25) is 0 Å². The normalized spacial score (nSPS) is 18.6. The number of hydrogen-bond acceptors (Lipinski definition) is 6. The molecular weight excluding hydrogens is 500 g/mol. The minimum absolute atomic E-state index is 0.0609. The van der Waals surface area contributed by atoms with Crippen LogP contribution in [0.3, 0.4) is 0 Å². The molecule has 2 aromatic carbocycles. The van der Waals surface area contributed by atoms with Gasteiger partial charge in [0.25, 0.3) is 5.91 Å². The predicted octanol–water partition coefficient (Wildman–Crippen LogP) is 4.42. The van der Waals surface area contributed by atoms with Crippen LogP contribution >= 0.6 is 11.8 Å². The number of alkyl halides is 6. The standard InChI is InChI=1S/C22H23F6N3O3S/c23-21(24,25)8-1-9-30-19(32)14-4-7-18-17(10-14)31(20(33)16(29)12-35-18)11-13-2-5-15(6-3-13)34-22(26,27)28/h2-7,10,16,20,33H,1,8-9,11-12,29H2,(H,30,32)/t16-,20?/m0/s1. The Morgan fingerprint density at radius 2 is 1.83 bits per heavy atom.